The van der Waals surface area contributed by atoms with Gasteiger partial charge in [-0.3, -0.25) is 0 Å². The zero-order chi connectivity index (χ0) is 13.1. The van der Waals surface area contributed by atoms with Crippen LogP contribution in [0.4, 0.5) is 5.69 Å². The van der Waals surface area contributed by atoms with Gasteiger partial charge in [-0.05, 0) is 18.6 Å². The molecule has 0 aromatic heterocycles. The van der Waals surface area contributed by atoms with Crippen LogP contribution in [0.5, 0.6) is 0 Å². The summed E-state index contributed by atoms with van der Waals surface area (Å²) >= 11 is 6.18. The first kappa shape index (κ1) is 13.2. The Morgan fingerprint density at radius 3 is 3.06 bits per heavy atom. The fourth-order valence-corrected chi connectivity index (χ4v) is 2.55. The number of morpholine rings is 1. The molecule has 2 rings (SSSR count). The molecule has 0 bridgehead atoms. The summed E-state index contributed by atoms with van der Waals surface area (Å²) in [4.78, 5) is 13.3. The monoisotopic (exact) mass is 269 g/mol. The van der Waals surface area contributed by atoms with Crippen LogP contribution in [0.15, 0.2) is 18.2 Å². The molecule has 1 aromatic rings. The summed E-state index contributed by atoms with van der Waals surface area (Å²) in [7, 11) is 0. The molecule has 1 heterocycles. The second-order valence-corrected chi connectivity index (χ2v) is 4.68. The van der Waals surface area contributed by atoms with Crippen molar-refractivity contribution in [3.8, 4) is 0 Å². The zero-order valence-corrected chi connectivity index (χ0v) is 11.0. The number of carboxylic acids is 1. The lowest BCUT2D eigenvalue weighted by atomic mass is 10.1. The Hall–Kier alpha value is -1.26. The summed E-state index contributed by atoms with van der Waals surface area (Å²) in [6.07, 6.45) is 0.893. The van der Waals surface area contributed by atoms with Crippen LogP contribution in [0.3, 0.4) is 0 Å². The number of carbonyl (C=O) groups is 1. The molecule has 0 amide bonds. The Morgan fingerprint density at radius 2 is 2.39 bits per heavy atom. The van der Waals surface area contributed by atoms with Crippen LogP contribution in [-0.4, -0.2) is 36.9 Å². The van der Waals surface area contributed by atoms with E-state index in [4.69, 9.17) is 16.3 Å². The summed E-state index contributed by atoms with van der Waals surface area (Å²) in [6, 6.07) is 5.16. The van der Waals surface area contributed by atoms with Gasteiger partial charge < -0.3 is 14.7 Å². The molecule has 1 N–H and O–H groups in total. The molecule has 1 atom stereocenters. The Labute approximate surface area is 111 Å². The average Bonchev–Trinajstić information content (AvgIpc) is 2.38. The highest BCUT2D eigenvalue weighted by Gasteiger charge is 2.27. The van der Waals surface area contributed by atoms with Crippen LogP contribution in [-0.2, 0) is 4.74 Å². The number of benzene rings is 1. The number of aromatic carboxylic acids is 1. The minimum absolute atomic E-state index is 0.178. The summed E-state index contributed by atoms with van der Waals surface area (Å²) in [5.74, 6) is -0.950. The third-order valence-corrected chi connectivity index (χ3v) is 3.51. The van der Waals surface area contributed by atoms with Gasteiger partial charge in [0.05, 0.1) is 35.5 Å². The number of anilines is 1. The topological polar surface area (TPSA) is 49.8 Å². The molecule has 0 aliphatic carbocycles. The van der Waals surface area contributed by atoms with E-state index in [2.05, 4.69) is 11.8 Å². The highest BCUT2D eigenvalue weighted by molar-refractivity contribution is 6.34. The van der Waals surface area contributed by atoms with Crippen molar-refractivity contribution in [1.29, 1.82) is 0 Å². The van der Waals surface area contributed by atoms with E-state index >= 15 is 0 Å². The van der Waals surface area contributed by atoms with Crippen molar-refractivity contribution >= 4 is 23.3 Å². The first-order valence-corrected chi connectivity index (χ1v) is 6.39. The van der Waals surface area contributed by atoms with Crippen LogP contribution in [0, 0.1) is 0 Å². The lowest BCUT2D eigenvalue weighted by Gasteiger charge is -2.38. The third kappa shape index (κ3) is 2.44. The summed E-state index contributed by atoms with van der Waals surface area (Å²) in [5.41, 5.74) is 0.865. The maximum atomic E-state index is 11.3. The molecule has 1 saturated heterocycles. The molecule has 1 aliphatic rings. The van der Waals surface area contributed by atoms with E-state index in [9.17, 15) is 9.90 Å². The van der Waals surface area contributed by atoms with Crippen molar-refractivity contribution in [3.63, 3.8) is 0 Å². The number of hydrogen-bond donors (Lipinski definition) is 1. The number of halogens is 1. The molecule has 98 valence electrons. The lowest BCUT2D eigenvalue weighted by molar-refractivity contribution is 0.0694. The van der Waals surface area contributed by atoms with Gasteiger partial charge in [-0.2, -0.15) is 0 Å². The number of para-hydroxylation sites is 1. The van der Waals surface area contributed by atoms with Gasteiger partial charge in [0.1, 0.15) is 0 Å². The van der Waals surface area contributed by atoms with E-state index < -0.39 is 5.97 Å². The van der Waals surface area contributed by atoms with Crippen LogP contribution < -0.4 is 4.90 Å². The van der Waals surface area contributed by atoms with Gasteiger partial charge in [0, 0.05) is 6.54 Å². The first-order valence-electron chi connectivity index (χ1n) is 6.01. The molecule has 4 nitrogen and oxygen atoms in total. The summed E-state index contributed by atoms with van der Waals surface area (Å²) in [6.45, 7) is 3.94. The van der Waals surface area contributed by atoms with Gasteiger partial charge in [-0.1, -0.05) is 24.6 Å². The molecule has 18 heavy (non-hydrogen) atoms. The molecule has 0 saturated carbocycles. The smallest absolute Gasteiger partial charge is 0.337 e. The van der Waals surface area contributed by atoms with Gasteiger partial charge in [0.25, 0.3) is 0 Å². The van der Waals surface area contributed by atoms with Crippen molar-refractivity contribution < 1.29 is 14.6 Å². The number of rotatable bonds is 3. The molecule has 5 heteroatoms. The van der Waals surface area contributed by atoms with Gasteiger partial charge in [0.2, 0.25) is 0 Å². The van der Waals surface area contributed by atoms with E-state index in [-0.39, 0.29) is 11.6 Å². The van der Waals surface area contributed by atoms with E-state index in [1.807, 2.05) is 0 Å². The summed E-state index contributed by atoms with van der Waals surface area (Å²) in [5, 5.41) is 9.74. The number of nitrogens with zero attached hydrogens (tertiary/aromatic N) is 1. The number of ether oxygens (including phenoxy) is 1. The molecule has 0 spiro atoms. The molecule has 0 radical (unpaired) electrons. The van der Waals surface area contributed by atoms with Gasteiger partial charge in [0.15, 0.2) is 0 Å². The highest BCUT2D eigenvalue weighted by atomic mass is 35.5. The normalized spacial score (nSPS) is 19.9. The van der Waals surface area contributed by atoms with Gasteiger partial charge in [-0.15, -0.1) is 0 Å². The van der Waals surface area contributed by atoms with Crippen molar-refractivity contribution in [3.05, 3.63) is 28.8 Å². The standard InChI is InChI=1S/C13H16ClNO3/c1-2-9-8-18-7-6-15(9)12-10(13(16)17)4-3-5-11(12)14/h3-5,9H,2,6-8H2,1H3,(H,16,17). The Bertz CT molecular complexity index is 450. The molecular formula is C13H16ClNO3. The van der Waals surface area contributed by atoms with Crippen molar-refractivity contribution in [2.24, 2.45) is 0 Å². The quantitative estimate of drug-likeness (QED) is 0.917. The van der Waals surface area contributed by atoms with E-state index in [0.29, 0.717) is 30.5 Å². The van der Waals surface area contributed by atoms with Crippen LogP contribution >= 0.6 is 11.6 Å². The lowest BCUT2D eigenvalue weighted by Crippen LogP contribution is -2.46. The maximum Gasteiger partial charge on any atom is 0.337 e. The molecular weight excluding hydrogens is 254 g/mol. The molecule has 1 fully saturated rings. The van der Waals surface area contributed by atoms with Crippen LogP contribution in [0.1, 0.15) is 23.7 Å². The predicted octanol–water partition coefficient (Wildman–Crippen LogP) is 2.65. The van der Waals surface area contributed by atoms with E-state index in [0.717, 1.165) is 6.42 Å². The van der Waals surface area contributed by atoms with Crippen molar-refractivity contribution in [2.45, 2.75) is 19.4 Å². The van der Waals surface area contributed by atoms with Gasteiger partial charge >= 0.3 is 5.97 Å². The highest BCUT2D eigenvalue weighted by Crippen LogP contribution is 2.33. The minimum Gasteiger partial charge on any atom is -0.478 e. The fraction of sp³-hybridized carbons (Fsp3) is 0.462. The van der Waals surface area contributed by atoms with Crippen molar-refractivity contribution in [1.82, 2.24) is 0 Å². The molecule has 1 unspecified atom stereocenters. The average molecular weight is 270 g/mol. The second kappa shape index (κ2) is 5.59. The second-order valence-electron chi connectivity index (χ2n) is 4.27. The molecule has 1 aliphatic heterocycles. The Kier molecular flexibility index (Phi) is 4.09. The Balaban J connectivity index is 2.44. The minimum atomic E-state index is -0.950. The van der Waals surface area contributed by atoms with Crippen LogP contribution in [0.2, 0.25) is 5.02 Å². The number of hydrogen-bond acceptors (Lipinski definition) is 3. The Morgan fingerprint density at radius 1 is 1.61 bits per heavy atom. The van der Waals surface area contributed by atoms with Gasteiger partial charge in [-0.25, -0.2) is 4.79 Å². The third-order valence-electron chi connectivity index (χ3n) is 3.20. The van der Waals surface area contributed by atoms with Crippen molar-refractivity contribution in [2.75, 3.05) is 24.7 Å². The zero-order valence-electron chi connectivity index (χ0n) is 10.2. The van der Waals surface area contributed by atoms with Crippen LogP contribution in [0.25, 0.3) is 0 Å². The molecule has 1 aromatic carbocycles. The SMILES string of the molecule is CCC1COCCN1c1c(Cl)cccc1C(=O)O. The van der Waals surface area contributed by atoms with E-state index in [1.54, 1.807) is 18.2 Å². The first-order chi connectivity index (χ1) is 8.65. The summed E-state index contributed by atoms with van der Waals surface area (Å²) < 4.78 is 5.43. The predicted molar refractivity (Wildman–Crippen MR) is 70.7 cm³/mol. The maximum absolute atomic E-state index is 11.3. The number of carboxylic acid groups (broad SMARTS) is 1. The largest absolute Gasteiger partial charge is 0.478 e. The van der Waals surface area contributed by atoms with E-state index in [1.165, 1.54) is 0 Å². The fourth-order valence-electron chi connectivity index (χ4n) is 2.27.